The summed E-state index contributed by atoms with van der Waals surface area (Å²) in [6.45, 7) is 4.27. The van der Waals surface area contributed by atoms with Crippen molar-refractivity contribution in [3.8, 4) is 11.4 Å². The fraction of sp³-hybridized carbons (Fsp3) is 0.111. The third-order valence-electron chi connectivity index (χ3n) is 3.61. The Kier molecular flexibility index (Phi) is 6.24. The Morgan fingerprint density at radius 3 is 2.58 bits per heavy atom. The van der Waals surface area contributed by atoms with Gasteiger partial charge in [-0.05, 0) is 30.3 Å². The van der Waals surface area contributed by atoms with Gasteiger partial charge in [0, 0.05) is 28.4 Å². The number of nitrogens with zero attached hydrogens (tertiary/aromatic N) is 3. The van der Waals surface area contributed by atoms with E-state index < -0.39 is 0 Å². The molecule has 2 aromatic carbocycles. The molecule has 0 saturated carbocycles. The fourth-order valence-electron chi connectivity index (χ4n) is 2.34. The van der Waals surface area contributed by atoms with Crippen LogP contribution < -0.4 is 0 Å². The third kappa shape index (κ3) is 4.07. The summed E-state index contributed by atoms with van der Waals surface area (Å²) >= 11 is 19.5. The van der Waals surface area contributed by atoms with Gasteiger partial charge in [0.25, 0.3) is 0 Å². The number of rotatable bonds is 6. The molecule has 0 atom stereocenters. The van der Waals surface area contributed by atoms with Crippen LogP contribution in [-0.2, 0) is 12.3 Å². The first-order chi connectivity index (χ1) is 12.5. The van der Waals surface area contributed by atoms with Gasteiger partial charge in [0.15, 0.2) is 11.0 Å². The number of hydrogen-bond donors (Lipinski definition) is 0. The van der Waals surface area contributed by atoms with Gasteiger partial charge in [-0.3, -0.25) is 4.57 Å². The molecule has 3 aromatic rings. The summed E-state index contributed by atoms with van der Waals surface area (Å²) in [7, 11) is 0. The molecular weight excluding hydrogens is 416 g/mol. The fourth-order valence-corrected chi connectivity index (χ4v) is 3.93. The van der Waals surface area contributed by atoms with Crippen molar-refractivity contribution in [3.63, 3.8) is 0 Å². The Labute approximate surface area is 169 Å². The maximum atomic E-state index is 14.0. The summed E-state index contributed by atoms with van der Waals surface area (Å²) < 4.78 is 15.9. The van der Waals surface area contributed by atoms with Gasteiger partial charge in [-0.25, -0.2) is 4.39 Å². The zero-order valence-electron chi connectivity index (χ0n) is 13.4. The lowest BCUT2D eigenvalue weighted by molar-refractivity contribution is 0.617. The van der Waals surface area contributed by atoms with Crippen molar-refractivity contribution in [1.82, 2.24) is 14.8 Å². The van der Waals surface area contributed by atoms with Gasteiger partial charge in [-0.2, -0.15) is 0 Å². The highest BCUT2D eigenvalue weighted by Crippen LogP contribution is 2.32. The molecule has 0 spiro atoms. The molecule has 0 fully saturated rings. The maximum Gasteiger partial charge on any atom is 0.192 e. The molecule has 0 saturated heterocycles. The van der Waals surface area contributed by atoms with E-state index in [2.05, 4.69) is 16.8 Å². The predicted molar refractivity (Wildman–Crippen MR) is 107 cm³/mol. The third-order valence-corrected chi connectivity index (χ3v) is 5.70. The Morgan fingerprint density at radius 2 is 1.88 bits per heavy atom. The first kappa shape index (κ1) is 19.2. The normalized spacial score (nSPS) is 10.9. The minimum absolute atomic E-state index is 0.335. The van der Waals surface area contributed by atoms with E-state index in [0.717, 1.165) is 5.56 Å². The van der Waals surface area contributed by atoms with Gasteiger partial charge in [-0.15, -0.1) is 16.8 Å². The SMILES string of the molecule is C=CCn1c(SCc2c(F)cccc2Cl)nnc1-c1ccc(Cl)c(Cl)c1. The Morgan fingerprint density at radius 1 is 1.08 bits per heavy atom. The molecule has 0 aliphatic carbocycles. The molecule has 1 heterocycles. The Hall–Kier alpha value is -1.53. The Bertz CT molecular complexity index is 939. The van der Waals surface area contributed by atoms with Crippen LogP contribution in [0.3, 0.4) is 0 Å². The Balaban J connectivity index is 1.92. The van der Waals surface area contributed by atoms with E-state index >= 15 is 0 Å². The van der Waals surface area contributed by atoms with Crippen LogP contribution in [0, 0.1) is 5.82 Å². The molecule has 1 aromatic heterocycles. The standard InChI is InChI=1S/C18H13Cl3FN3S/c1-2-8-25-17(11-6-7-14(20)15(21)9-11)23-24-18(25)26-10-12-13(19)4-3-5-16(12)22/h2-7,9H,1,8,10H2. The van der Waals surface area contributed by atoms with Crippen molar-refractivity contribution in [2.75, 3.05) is 0 Å². The molecule has 26 heavy (non-hydrogen) atoms. The zero-order valence-corrected chi connectivity index (χ0v) is 16.5. The first-order valence-electron chi connectivity index (χ1n) is 7.56. The van der Waals surface area contributed by atoms with Crippen LogP contribution in [0.1, 0.15) is 5.56 Å². The van der Waals surface area contributed by atoms with Crippen molar-refractivity contribution in [3.05, 3.63) is 75.5 Å². The van der Waals surface area contributed by atoms with E-state index in [4.69, 9.17) is 34.8 Å². The highest BCUT2D eigenvalue weighted by atomic mass is 35.5. The largest absolute Gasteiger partial charge is 0.298 e. The van der Waals surface area contributed by atoms with Crippen LogP contribution in [-0.4, -0.2) is 14.8 Å². The summed E-state index contributed by atoms with van der Waals surface area (Å²) in [4.78, 5) is 0. The number of thioether (sulfide) groups is 1. The molecule has 134 valence electrons. The second-order valence-corrected chi connectivity index (χ2v) is 7.49. The van der Waals surface area contributed by atoms with Crippen molar-refractivity contribution >= 4 is 46.6 Å². The van der Waals surface area contributed by atoms with E-state index in [1.165, 1.54) is 17.8 Å². The monoisotopic (exact) mass is 427 g/mol. The van der Waals surface area contributed by atoms with Gasteiger partial charge in [0.1, 0.15) is 5.82 Å². The quantitative estimate of drug-likeness (QED) is 0.330. The van der Waals surface area contributed by atoms with E-state index in [9.17, 15) is 4.39 Å². The number of halogens is 4. The lowest BCUT2D eigenvalue weighted by Gasteiger charge is -2.09. The average molecular weight is 429 g/mol. The molecule has 0 amide bonds. The van der Waals surface area contributed by atoms with Crippen LogP contribution in [0.2, 0.25) is 15.1 Å². The average Bonchev–Trinajstić information content (AvgIpc) is 3.00. The van der Waals surface area contributed by atoms with Crippen molar-refractivity contribution in [2.45, 2.75) is 17.5 Å². The molecular formula is C18H13Cl3FN3S. The van der Waals surface area contributed by atoms with E-state index in [1.54, 1.807) is 30.3 Å². The molecule has 0 aliphatic rings. The predicted octanol–water partition coefficient (Wildman–Crippen LogP) is 6.52. The van der Waals surface area contributed by atoms with Crippen LogP contribution >= 0.6 is 46.6 Å². The van der Waals surface area contributed by atoms with Crippen molar-refractivity contribution in [2.24, 2.45) is 0 Å². The topological polar surface area (TPSA) is 30.7 Å². The lowest BCUT2D eigenvalue weighted by atomic mass is 10.2. The maximum absolute atomic E-state index is 14.0. The number of benzene rings is 2. The smallest absolute Gasteiger partial charge is 0.192 e. The van der Waals surface area contributed by atoms with Gasteiger partial charge in [0.2, 0.25) is 0 Å². The summed E-state index contributed by atoms with van der Waals surface area (Å²) in [5.74, 6) is 0.623. The number of aromatic nitrogens is 3. The summed E-state index contributed by atoms with van der Waals surface area (Å²) in [5, 5.41) is 10.4. The minimum atomic E-state index is -0.343. The number of allylic oxidation sites excluding steroid dienone is 1. The first-order valence-corrected chi connectivity index (χ1v) is 9.68. The van der Waals surface area contributed by atoms with Crippen LogP contribution in [0.25, 0.3) is 11.4 Å². The van der Waals surface area contributed by atoms with Gasteiger partial charge in [0.05, 0.1) is 10.0 Å². The molecule has 0 aliphatic heterocycles. The van der Waals surface area contributed by atoms with E-state index in [0.29, 0.717) is 43.9 Å². The van der Waals surface area contributed by atoms with Gasteiger partial charge in [-0.1, -0.05) is 58.7 Å². The molecule has 0 radical (unpaired) electrons. The molecule has 3 nitrogen and oxygen atoms in total. The van der Waals surface area contributed by atoms with Crippen LogP contribution in [0.15, 0.2) is 54.2 Å². The molecule has 3 rings (SSSR count). The van der Waals surface area contributed by atoms with E-state index in [1.807, 2.05) is 10.6 Å². The molecule has 0 bridgehead atoms. The highest BCUT2D eigenvalue weighted by molar-refractivity contribution is 7.98. The summed E-state index contributed by atoms with van der Waals surface area (Å²) in [6.07, 6.45) is 1.74. The second-order valence-electron chi connectivity index (χ2n) is 5.32. The molecule has 0 unspecified atom stereocenters. The number of hydrogen-bond acceptors (Lipinski definition) is 3. The minimum Gasteiger partial charge on any atom is -0.298 e. The zero-order chi connectivity index (χ0) is 18.7. The summed E-state index contributed by atoms with van der Waals surface area (Å²) in [6, 6.07) is 9.88. The van der Waals surface area contributed by atoms with E-state index in [-0.39, 0.29) is 5.82 Å². The highest BCUT2D eigenvalue weighted by Gasteiger charge is 2.16. The molecule has 0 N–H and O–H groups in total. The second kappa shape index (κ2) is 8.44. The van der Waals surface area contributed by atoms with Crippen LogP contribution in [0.5, 0.6) is 0 Å². The van der Waals surface area contributed by atoms with Gasteiger partial charge >= 0.3 is 0 Å². The van der Waals surface area contributed by atoms with Gasteiger partial charge < -0.3 is 0 Å². The van der Waals surface area contributed by atoms with Crippen molar-refractivity contribution < 1.29 is 4.39 Å². The summed E-state index contributed by atoms with van der Waals surface area (Å²) in [5.41, 5.74) is 1.22. The van der Waals surface area contributed by atoms with Crippen LogP contribution in [0.4, 0.5) is 4.39 Å². The van der Waals surface area contributed by atoms with Crippen molar-refractivity contribution in [1.29, 1.82) is 0 Å². The molecule has 8 heteroatoms. The lowest BCUT2D eigenvalue weighted by Crippen LogP contribution is -2.01.